The maximum atomic E-state index is 13.5. The molecule has 0 spiro atoms. The van der Waals surface area contributed by atoms with Crippen LogP contribution >= 0.6 is 0 Å². The fourth-order valence-corrected chi connectivity index (χ4v) is 3.59. The first kappa shape index (κ1) is 20.9. The van der Waals surface area contributed by atoms with E-state index in [2.05, 4.69) is 20.0 Å². The van der Waals surface area contributed by atoms with Gasteiger partial charge in [0.15, 0.2) is 5.82 Å². The molecule has 162 valence electrons. The zero-order chi connectivity index (χ0) is 22.0. The van der Waals surface area contributed by atoms with Crippen molar-refractivity contribution in [1.82, 2.24) is 20.0 Å². The smallest absolute Gasteiger partial charge is 0.261 e. The van der Waals surface area contributed by atoms with Crippen molar-refractivity contribution in [3.05, 3.63) is 59.6 Å². The van der Waals surface area contributed by atoms with Crippen LogP contribution in [0.15, 0.2) is 41.1 Å². The molecule has 31 heavy (non-hydrogen) atoms. The van der Waals surface area contributed by atoms with Crippen LogP contribution in [-0.4, -0.2) is 52.1 Å². The van der Waals surface area contributed by atoms with Crippen LogP contribution < -0.4 is 4.90 Å². The molecule has 1 aromatic carbocycles. The van der Waals surface area contributed by atoms with Gasteiger partial charge in [-0.15, -0.1) is 0 Å². The summed E-state index contributed by atoms with van der Waals surface area (Å²) < 4.78 is 32.5. The number of aromatic nitrogens is 3. The Morgan fingerprint density at radius 3 is 2.58 bits per heavy atom. The summed E-state index contributed by atoms with van der Waals surface area (Å²) in [4.78, 5) is 25.5. The summed E-state index contributed by atoms with van der Waals surface area (Å²) >= 11 is 0. The van der Waals surface area contributed by atoms with Crippen molar-refractivity contribution in [2.24, 2.45) is 0 Å². The standard InChI is InChI=1S/C22H23F2N5O2/c1-14(2)19-26-21(31-27-19)18-5-3-6-25-20(18)28-7-4-8-29(10-9-28)22(30)15-11-16(23)13-17(24)12-15/h3,5-6,11-14H,4,7-10H2,1-2H3. The lowest BCUT2D eigenvalue weighted by Crippen LogP contribution is -2.35. The summed E-state index contributed by atoms with van der Waals surface area (Å²) in [5.41, 5.74) is 0.741. The highest BCUT2D eigenvalue weighted by atomic mass is 19.1. The zero-order valence-corrected chi connectivity index (χ0v) is 17.4. The molecule has 4 rings (SSSR count). The predicted octanol–water partition coefficient (Wildman–Crippen LogP) is 3.89. The highest BCUT2D eigenvalue weighted by Crippen LogP contribution is 2.29. The number of carbonyl (C=O) groups excluding carboxylic acids is 1. The minimum absolute atomic E-state index is 0.0107. The van der Waals surface area contributed by atoms with Gasteiger partial charge in [-0.1, -0.05) is 19.0 Å². The summed E-state index contributed by atoms with van der Waals surface area (Å²) in [6, 6.07) is 6.57. The van der Waals surface area contributed by atoms with Crippen LogP contribution in [0, 0.1) is 11.6 Å². The third kappa shape index (κ3) is 4.55. The van der Waals surface area contributed by atoms with Gasteiger partial charge >= 0.3 is 0 Å². The second kappa shape index (κ2) is 8.79. The van der Waals surface area contributed by atoms with E-state index in [0.717, 1.165) is 23.8 Å². The maximum absolute atomic E-state index is 13.5. The second-order valence-corrected chi connectivity index (χ2v) is 7.78. The van der Waals surface area contributed by atoms with Gasteiger partial charge in [-0.3, -0.25) is 4.79 Å². The van der Waals surface area contributed by atoms with Gasteiger partial charge in [0.05, 0.1) is 5.56 Å². The number of hydrogen-bond acceptors (Lipinski definition) is 6. The largest absolute Gasteiger partial charge is 0.354 e. The van der Waals surface area contributed by atoms with Crippen molar-refractivity contribution in [2.45, 2.75) is 26.2 Å². The van der Waals surface area contributed by atoms with Gasteiger partial charge in [0.25, 0.3) is 11.8 Å². The SMILES string of the molecule is CC(C)c1noc(-c2cccnc2N2CCCN(C(=O)c3cc(F)cc(F)c3)CC2)n1. The number of carbonyl (C=O) groups is 1. The van der Waals surface area contributed by atoms with Crippen LogP contribution in [0.1, 0.15) is 42.4 Å². The first-order valence-corrected chi connectivity index (χ1v) is 10.2. The number of amides is 1. The number of pyridine rings is 1. The minimum Gasteiger partial charge on any atom is -0.354 e. The molecule has 0 N–H and O–H groups in total. The van der Waals surface area contributed by atoms with Gasteiger partial charge in [-0.05, 0) is 30.7 Å². The van der Waals surface area contributed by atoms with E-state index in [0.29, 0.717) is 50.1 Å². The van der Waals surface area contributed by atoms with Crippen LogP contribution in [0.4, 0.5) is 14.6 Å². The average molecular weight is 427 g/mol. The van der Waals surface area contributed by atoms with Gasteiger partial charge in [-0.25, -0.2) is 13.8 Å². The number of nitrogens with zero attached hydrogens (tertiary/aromatic N) is 5. The molecule has 0 bridgehead atoms. The van der Waals surface area contributed by atoms with Crippen molar-refractivity contribution in [3.8, 4) is 11.5 Å². The van der Waals surface area contributed by atoms with Gasteiger partial charge in [-0.2, -0.15) is 4.98 Å². The molecule has 1 fully saturated rings. The lowest BCUT2D eigenvalue weighted by Gasteiger charge is -2.24. The van der Waals surface area contributed by atoms with Crippen molar-refractivity contribution in [1.29, 1.82) is 0 Å². The van der Waals surface area contributed by atoms with Crippen molar-refractivity contribution in [3.63, 3.8) is 0 Å². The topological polar surface area (TPSA) is 75.4 Å². The predicted molar refractivity (Wildman–Crippen MR) is 111 cm³/mol. The lowest BCUT2D eigenvalue weighted by molar-refractivity contribution is 0.0766. The Morgan fingerprint density at radius 2 is 1.87 bits per heavy atom. The van der Waals surface area contributed by atoms with Gasteiger partial charge in [0, 0.05) is 49.9 Å². The second-order valence-electron chi connectivity index (χ2n) is 7.78. The number of rotatable bonds is 4. The van der Waals surface area contributed by atoms with E-state index in [1.807, 2.05) is 26.0 Å². The molecule has 3 heterocycles. The molecule has 7 nitrogen and oxygen atoms in total. The van der Waals surface area contributed by atoms with E-state index in [1.165, 1.54) is 0 Å². The molecule has 3 aromatic rings. The van der Waals surface area contributed by atoms with Gasteiger partial charge in [0.2, 0.25) is 0 Å². The van der Waals surface area contributed by atoms with Crippen LogP contribution in [0.25, 0.3) is 11.5 Å². The van der Waals surface area contributed by atoms with E-state index in [4.69, 9.17) is 4.52 Å². The molecule has 9 heteroatoms. The Labute approximate surface area is 178 Å². The zero-order valence-electron chi connectivity index (χ0n) is 17.4. The molecule has 1 amide bonds. The molecule has 0 saturated carbocycles. The van der Waals surface area contributed by atoms with Crippen LogP contribution in [-0.2, 0) is 0 Å². The van der Waals surface area contributed by atoms with Crippen LogP contribution in [0.3, 0.4) is 0 Å². The van der Waals surface area contributed by atoms with E-state index in [-0.39, 0.29) is 17.4 Å². The van der Waals surface area contributed by atoms with E-state index in [9.17, 15) is 13.6 Å². The molecular formula is C22H23F2N5O2. The lowest BCUT2D eigenvalue weighted by atomic mass is 10.2. The fourth-order valence-electron chi connectivity index (χ4n) is 3.59. The quantitative estimate of drug-likeness (QED) is 0.629. The summed E-state index contributed by atoms with van der Waals surface area (Å²) in [5.74, 6) is -0.0500. The molecule has 0 radical (unpaired) electrons. The van der Waals surface area contributed by atoms with Gasteiger partial charge < -0.3 is 14.3 Å². The Morgan fingerprint density at radius 1 is 1.10 bits per heavy atom. The van der Waals surface area contributed by atoms with Gasteiger partial charge in [0.1, 0.15) is 17.5 Å². The summed E-state index contributed by atoms with van der Waals surface area (Å²) in [6.45, 7) is 6.03. The van der Waals surface area contributed by atoms with E-state index < -0.39 is 11.6 Å². The first-order valence-electron chi connectivity index (χ1n) is 10.2. The summed E-state index contributed by atoms with van der Waals surface area (Å²) in [5, 5.41) is 4.03. The number of halogens is 2. The monoisotopic (exact) mass is 427 g/mol. The minimum atomic E-state index is -0.766. The van der Waals surface area contributed by atoms with Crippen LogP contribution in [0.5, 0.6) is 0 Å². The Kier molecular flexibility index (Phi) is 5.92. The third-order valence-corrected chi connectivity index (χ3v) is 5.17. The molecule has 0 atom stereocenters. The summed E-state index contributed by atoms with van der Waals surface area (Å²) in [7, 11) is 0. The van der Waals surface area contributed by atoms with Crippen molar-refractivity contribution in [2.75, 3.05) is 31.1 Å². The van der Waals surface area contributed by atoms with Crippen LogP contribution in [0.2, 0.25) is 0 Å². The Balaban J connectivity index is 1.53. The Bertz CT molecular complexity index is 1070. The molecule has 1 aliphatic rings. The number of benzene rings is 1. The van der Waals surface area contributed by atoms with Crippen molar-refractivity contribution >= 4 is 11.7 Å². The van der Waals surface area contributed by atoms with E-state index >= 15 is 0 Å². The molecule has 0 unspecified atom stereocenters. The average Bonchev–Trinajstić information content (AvgIpc) is 3.11. The number of anilines is 1. The normalized spacial score (nSPS) is 14.7. The van der Waals surface area contributed by atoms with Crippen molar-refractivity contribution < 1.29 is 18.1 Å². The first-order chi connectivity index (χ1) is 14.9. The summed E-state index contributed by atoms with van der Waals surface area (Å²) in [6.07, 6.45) is 2.38. The number of hydrogen-bond donors (Lipinski definition) is 0. The molecular weight excluding hydrogens is 404 g/mol. The molecule has 0 aliphatic carbocycles. The maximum Gasteiger partial charge on any atom is 0.261 e. The fraction of sp³-hybridized carbons (Fsp3) is 0.364. The third-order valence-electron chi connectivity index (χ3n) is 5.17. The highest BCUT2D eigenvalue weighted by Gasteiger charge is 2.25. The molecule has 1 saturated heterocycles. The highest BCUT2D eigenvalue weighted by molar-refractivity contribution is 5.94. The molecule has 2 aromatic heterocycles. The van der Waals surface area contributed by atoms with E-state index in [1.54, 1.807) is 11.1 Å². The Hall–Kier alpha value is -3.36. The molecule has 1 aliphatic heterocycles.